The summed E-state index contributed by atoms with van der Waals surface area (Å²) in [5.74, 6) is -0.787. The molecule has 3 N–H and O–H groups in total. The van der Waals surface area contributed by atoms with Crippen LogP contribution in [0.4, 0.5) is 19.7 Å². The number of para-hydroxylation sites is 1. The van der Waals surface area contributed by atoms with Crippen LogP contribution in [0.2, 0.25) is 5.02 Å². The highest BCUT2D eigenvalue weighted by Gasteiger charge is 2.68. The van der Waals surface area contributed by atoms with Crippen molar-refractivity contribution in [3.8, 4) is 0 Å². The van der Waals surface area contributed by atoms with Gasteiger partial charge in [-0.3, -0.25) is 9.36 Å². The Morgan fingerprint density at radius 1 is 1.19 bits per heavy atom. The van der Waals surface area contributed by atoms with Crippen LogP contribution in [0.15, 0.2) is 48.7 Å². The quantitative estimate of drug-likeness (QED) is 0.442. The maximum Gasteiger partial charge on any atom is 0.325 e. The topological polar surface area (TPSA) is 104 Å². The number of halogens is 2. The van der Waals surface area contributed by atoms with Gasteiger partial charge < -0.3 is 20.6 Å². The molecule has 1 saturated carbocycles. The van der Waals surface area contributed by atoms with Crippen molar-refractivity contribution < 1.29 is 23.9 Å². The van der Waals surface area contributed by atoms with Gasteiger partial charge >= 0.3 is 12.1 Å². The Morgan fingerprint density at radius 2 is 1.97 bits per heavy atom. The number of aliphatic hydroxyl groups is 1. The number of ketones is 1. The minimum Gasteiger partial charge on any atom is -0.395 e. The number of nitrogens with one attached hydrogen (secondary N) is 2. The van der Waals surface area contributed by atoms with Crippen molar-refractivity contribution in [1.29, 1.82) is 0 Å². The molecule has 2 heterocycles. The molecule has 1 aliphatic carbocycles. The summed E-state index contributed by atoms with van der Waals surface area (Å²) in [6.45, 7) is -0.158. The van der Waals surface area contributed by atoms with Crippen molar-refractivity contribution in [3.05, 3.63) is 65.1 Å². The molecule has 1 aromatic heterocycles. The lowest BCUT2D eigenvalue weighted by Gasteiger charge is -2.26. The van der Waals surface area contributed by atoms with Crippen LogP contribution < -0.4 is 10.6 Å². The van der Waals surface area contributed by atoms with Gasteiger partial charge in [0.1, 0.15) is 11.2 Å². The number of rotatable bonds is 6. The standard InChI is InChI=1S/C25H24ClFN4O4S/c1-28-23(34)30-12-17(15-6-2-3-8-18(15)30)29-24(35)31-20-11-25(20,13-32)36-22(31)19(33)10-9-14-5-4-7-16(26)21(14)27/h2-8,12,20,22,32H,9-11,13H2,1H3,(H,28,34)(H,29,35)/t20-,22+,25-/m1/s1. The first-order valence-corrected chi connectivity index (χ1v) is 12.7. The molecule has 2 fully saturated rings. The summed E-state index contributed by atoms with van der Waals surface area (Å²) in [5.41, 5.74) is 1.38. The molecular weight excluding hydrogens is 507 g/mol. The number of anilines is 1. The largest absolute Gasteiger partial charge is 0.395 e. The molecule has 11 heteroatoms. The fraction of sp³-hybridized carbons (Fsp3) is 0.320. The normalized spacial score (nSPS) is 22.4. The van der Waals surface area contributed by atoms with Gasteiger partial charge in [-0.1, -0.05) is 41.9 Å². The highest BCUT2D eigenvalue weighted by Crippen LogP contribution is 2.60. The molecule has 0 unspecified atom stereocenters. The molecule has 2 aromatic carbocycles. The number of fused-ring (bicyclic) bond motifs is 2. The van der Waals surface area contributed by atoms with E-state index < -0.39 is 22.0 Å². The Labute approximate surface area is 215 Å². The second-order valence-corrected chi connectivity index (χ2v) is 10.8. The third-order valence-electron chi connectivity index (χ3n) is 6.76. The van der Waals surface area contributed by atoms with Crippen molar-refractivity contribution in [1.82, 2.24) is 14.8 Å². The number of carbonyl (C=O) groups excluding carboxylic acids is 3. The molecule has 0 spiro atoms. The summed E-state index contributed by atoms with van der Waals surface area (Å²) in [5, 5.41) is 15.2. The SMILES string of the molecule is CNC(=O)n1cc(NC(=O)N2[C@H](C(=O)CCc3cccc(Cl)c3F)S[C@@]3(CO)C[C@@H]23)c2ccccc21. The van der Waals surface area contributed by atoms with Crippen LogP contribution in [0.1, 0.15) is 18.4 Å². The van der Waals surface area contributed by atoms with Crippen LogP contribution in [-0.2, 0) is 11.2 Å². The maximum atomic E-state index is 14.3. The molecule has 3 amide bonds. The fourth-order valence-corrected chi connectivity index (χ4v) is 6.58. The minimum absolute atomic E-state index is 0.00686. The van der Waals surface area contributed by atoms with Gasteiger partial charge in [-0.2, -0.15) is 0 Å². The van der Waals surface area contributed by atoms with E-state index in [-0.39, 0.29) is 42.3 Å². The zero-order chi connectivity index (χ0) is 25.6. The average molecular weight is 531 g/mol. The molecule has 0 bridgehead atoms. The van der Waals surface area contributed by atoms with E-state index in [4.69, 9.17) is 11.6 Å². The van der Waals surface area contributed by atoms with Gasteiger partial charge in [0, 0.05) is 25.1 Å². The number of carbonyl (C=O) groups is 3. The Balaban J connectivity index is 1.37. The van der Waals surface area contributed by atoms with Gasteiger partial charge in [0.15, 0.2) is 5.78 Å². The molecule has 1 saturated heterocycles. The number of Topliss-reactive ketones (excluding diaryl/α,β-unsaturated/α-hetero) is 1. The van der Waals surface area contributed by atoms with Crippen molar-refractivity contribution in [2.45, 2.75) is 35.4 Å². The lowest BCUT2D eigenvalue weighted by atomic mass is 10.1. The van der Waals surface area contributed by atoms with E-state index in [1.165, 1.54) is 40.5 Å². The van der Waals surface area contributed by atoms with Gasteiger partial charge in [-0.25, -0.2) is 14.0 Å². The van der Waals surface area contributed by atoms with Crippen LogP contribution in [0.3, 0.4) is 0 Å². The lowest BCUT2D eigenvalue weighted by Crippen LogP contribution is -2.44. The molecule has 1 aliphatic heterocycles. The average Bonchev–Trinajstić information content (AvgIpc) is 3.32. The first-order chi connectivity index (χ1) is 17.3. The van der Waals surface area contributed by atoms with Gasteiger partial charge in [0.25, 0.3) is 0 Å². The molecule has 3 atom stereocenters. The van der Waals surface area contributed by atoms with E-state index in [1.807, 2.05) is 0 Å². The van der Waals surface area contributed by atoms with Gasteiger partial charge in [0.05, 0.1) is 33.6 Å². The number of hydrogen-bond acceptors (Lipinski definition) is 5. The summed E-state index contributed by atoms with van der Waals surface area (Å²) in [6, 6.07) is 10.7. The monoisotopic (exact) mass is 530 g/mol. The second-order valence-electron chi connectivity index (χ2n) is 8.91. The van der Waals surface area contributed by atoms with Crippen LogP contribution in [0, 0.1) is 5.82 Å². The van der Waals surface area contributed by atoms with Crippen LogP contribution in [-0.4, -0.2) is 62.2 Å². The molecule has 2 aliphatic rings. The lowest BCUT2D eigenvalue weighted by molar-refractivity contribution is -0.120. The Hall–Kier alpha value is -3.08. The summed E-state index contributed by atoms with van der Waals surface area (Å²) in [4.78, 5) is 40.5. The van der Waals surface area contributed by atoms with E-state index in [1.54, 1.807) is 36.4 Å². The van der Waals surface area contributed by atoms with Crippen molar-refractivity contribution in [3.63, 3.8) is 0 Å². The molecule has 188 valence electrons. The minimum atomic E-state index is -0.814. The number of amides is 3. The van der Waals surface area contributed by atoms with E-state index in [0.29, 0.717) is 28.6 Å². The Morgan fingerprint density at radius 3 is 2.72 bits per heavy atom. The molecule has 36 heavy (non-hydrogen) atoms. The zero-order valence-corrected chi connectivity index (χ0v) is 20.9. The molecule has 5 rings (SSSR count). The smallest absolute Gasteiger partial charge is 0.325 e. The van der Waals surface area contributed by atoms with Crippen molar-refractivity contribution in [2.24, 2.45) is 0 Å². The van der Waals surface area contributed by atoms with E-state index >= 15 is 0 Å². The molecule has 3 aromatic rings. The van der Waals surface area contributed by atoms with Crippen LogP contribution in [0.5, 0.6) is 0 Å². The summed E-state index contributed by atoms with van der Waals surface area (Å²) in [7, 11) is 1.52. The van der Waals surface area contributed by atoms with Gasteiger partial charge in [-0.05, 0) is 30.5 Å². The maximum absolute atomic E-state index is 14.3. The number of nitrogens with zero attached hydrogens (tertiary/aromatic N) is 2. The van der Waals surface area contributed by atoms with E-state index in [9.17, 15) is 23.9 Å². The van der Waals surface area contributed by atoms with Crippen molar-refractivity contribution >= 4 is 57.8 Å². The Bertz CT molecular complexity index is 1380. The van der Waals surface area contributed by atoms with E-state index in [0.717, 1.165) is 0 Å². The highest BCUT2D eigenvalue weighted by molar-refractivity contribution is 8.02. The zero-order valence-electron chi connectivity index (χ0n) is 19.3. The number of aryl methyl sites for hydroxylation is 1. The van der Waals surface area contributed by atoms with Crippen LogP contribution >= 0.6 is 23.4 Å². The number of thioether (sulfide) groups is 1. The molecule has 8 nitrogen and oxygen atoms in total. The third kappa shape index (κ3) is 4.12. The predicted octanol–water partition coefficient (Wildman–Crippen LogP) is 4.23. The third-order valence-corrected chi connectivity index (χ3v) is 8.80. The highest BCUT2D eigenvalue weighted by atomic mass is 35.5. The first kappa shape index (κ1) is 24.6. The summed E-state index contributed by atoms with van der Waals surface area (Å²) >= 11 is 7.13. The van der Waals surface area contributed by atoms with E-state index in [2.05, 4.69) is 10.6 Å². The fourth-order valence-electron chi connectivity index (χ4n) is 4.74. The number of benzene rings is 2. The van der Waals surface area contributed by atoms with Gasteiger partial charge in [-0.15, -0.1) is 11.8 Å². The molecular formula is C25H24ClFN4O4S. The Kier molecular flexibility index (Phi) is 6.44. The second kappa shape index (κ2) is 9.42. The number of hydrogen-bond donors (Lipinski definition) is 3. The number of urea groups is 1. The first-order valence-electron chi connectivity index (χ1n) is 11.5. The molecule has 0 radical (unpaired) electrons. The predicted molar refractivity (Wildman–Crippen MR) is 137 cm³/mol. The summed E-state index contributed by atoms with van der Waals surface area (Å²) in [6.07, 6.45) is 2.28. The summed E-state index contributed by atoms with van der Waals surface area (Å²) < 4.78 is 15.1. The van der Waals surface area contributed by atoms with Crippen molar-refractivity contribution in [2.75, 3.05) is 19.0 Å². The van der Waals surface area contributed by atoms with Crippen LogP contribution in [0.25, 0.3) is 10.9 Å². The number of aromatic nitrogens is 1. The van der Waals surface area contributed by atoms with Gasteiger partial charge in [0.2, 0.25) is 0 Å². The number of aliphatic hydroxyl groups excluding tert-OH is 1.